The van der Waals surface area contributed by atoms with E-state index in [2.05, 4.69) is 48.6 Å². The van der Waals surface area contributed by atoms with E-state index in [9.17, 15) is 9.59 Å². The van der Waals surface area contributed by atoms with Crippen molar-refractivity contribution in [1.29, 1.82) is 0 Å². The summed E-state index contributed by atoms with van der Waals surface area (Å²) in [7, 11) is 0. The third-order valence-corrected chi connectivity index (χ3v) is 4.40. The van der Waals surface area contributed by atoms with Crippen molar-refractivity contribution in [3.63, 3.8) is 0 Å². The first-order valence-corrected chi connectivity index (χ1v) is 13.1. The number of ether oxygens (including phenoxy) is 1. The Morgan fingerprint density at radius 1 is 0.972 bits per heavy atom. The fraction of sp³-hybridized carbons (Fsp3) is 0.586. The summed E-state index contributed by atoms with van der Waals surface area (Å²) in [4.78, 5) is 21.7. The summed E-state index contributed by atoms with van der Waals surface area (Å²) in [5.41, 5.74) is 2.04. The highest BCUT2D eigenvalue weighted by Gasteiger charge is 2.14. The lowest BCUT2D eigenvalue weighted by molar-refractivity contribution is -0.118. The minimum absolute atomic E-state index is 0.0394. The molecule has 4 N–H and O–H groups in total. The second-order valence-electron chi connectivity index (χ2n) is 7.97. The number of carbonyl (C=O) groups is 2. The summed E-state index contributed by atoms with van der Waals surface area (Å²) in [6.45, 7) is 26.9. The molecular formula is C29H54N4O3. The molecule has 36 heavy (non-hydrogen) atoms. The van der Waals surface area contributed by atoms with Crippen molar-refractivity contribution in [2.45, 2.75) is 88.1 Å². The predicted molar refractivity (Wildman–Crippen MR) is 156 cm³/mol. The Morgan fingerprint density at radius 2 is 1.58 bits per heavy atom. The van der Waals surface area contributed by atoms with Crippen LogP contribution in [-0.4, -0.2) is 44.2 Å². The standard InChI is InChI=1S/C20H32N2O2.C5H13N.C4H9NO/c1-8-11-12-13-19(17(7)22-20(23)21-10-3)24-18(9-2)14-16(6)15(4)5;1-3-5-6-4-2;1-3-5-4(2)6/h9,11-14,17H,4,8,10H2,1-3,5-7H3,(H2,21,22,23);6H,3-5H2,1-2H3;3H2,1-2H3,(H,5,6)/b12-11-,16-14-,18-9+,19-13+;;. The van der Waals surface area contributed by atoms with Gasteiger partial charge >= 0.3 is 6.03 Å². The van der Waals surface area contributed by atoms with Gasteiger partial charge in [-0.15, -0.1) is 0 Å². The van der Waals surface area contributed by atoms with Gasteiger partial charge in [0.1, 0.15) is 11.5 Å². The molecule has 7 nitrogen and oxygen atoms in total. The number of nitrogens with one attached hydrogen (secondary N) is 4. The van der Waals surface area contributed by atoms with Gasteiger partial charge in [-0.05, 0) is 91.3 Å². The number of carbonyl (C=O) groups excluding carboxylic acids is 2. The van der Waals surface area contributed by atoms with Crippen LogP contribution in [0, 0.1) is 0 Å². The number of amides is 3. The van der Waals surface area contributed by atoms with Crippen LogP contribution in [0.25, 0.3) is 0 Å². The van der Waals surface area contributed by atoms with Gasteiger partial charge in [0, 0.05) is 20.0 Å². The highest BCUT2D eigenvalue weighted by Crippen LogP contribution is 2.16. The van der Waals surface area contributed by atoms with E-state index in [1.807, 2.05) is 71.9 Å². The molecule has 208 valence electrons. The highest BCUT2D eigenvalue weighted by atomic mass is 16.5. The van der Waals surface area contributed by atoms with Crippen molar-refractivity contribution in [2.75, 3.05) is 26.2 Å². The average molecular weight is 507 g/mol. The van der Waals surface area contributed by atoms with Gasteiger partial charge in [0.25, 0.3) is 0 Å². The van der Waals surface area contributed by atoms with Crippen LogP contribution in [0.5, 0.6) is 0 Å². The van der Waals surface area contributed by atoms with Gasteiger partial charge < -0.3 is 26.0 Å². The van der Waals surface area contributed by atoms with Crippen molar-refractivity contribution in [3.8, 4) is 0 Å². The molecule has 0 aliphatic carbocycles. The van der Waals surface area contributed by atoms with Crippen molar-refractivity contribution in [2.24, 2.45) is 0 Å². The van der Waals surface area contributed by atoms with Crippen LogP contribution in [0.3, 0.4) is 0 Å². The Bertz CT molecular complexity index is 718. The molecule has 0 radical (unpaired) electrons. The zero-order chi connectivity index (χ0) is 28.4. The summed E-state index contributed by atoms with van der Waals surface area (Å²) in [6, 6.07) is -0.471. The molecule has 0 aromatic heterocycles. The maximum absolute atomic E-state index is 11.7. The zero-order valence-corrected chi connectivity index (χ0v) is 24.6. The van der Waals surface area contributed by atoms with Crippen molar-refractivity contribution < 1.29 is 14.3 Å². The van der Waals surface area contributed by atoms with E-state index in [4.69, 9.17) is 4.74 Å². The van der Waals surface area contributed by atoms with Crippen molar-refractivity contribution in [1.82, 2.24) is 21.3 Å². The molecule has 1 unspecified atom stereocenters. The quantitative estimate of drug-likeness (QED) is 0.137. The van der Waals surface area contributed by atoms with E-state index in [0.717, 1.165) is 43.0 Å². The number of hydrogen-bond acceptors (Lipinski definition) is 4. The van der Waals surface area contributed by atoms with Crippen LogP contribution in [0.15, 0.2) is 59.6 Å². The van der Waals surface area contributed by atoms with Gasteiger partial charge in [-0.3, -0.25) is 4.79 Å². The number of urea groups is 1. The zero-order valence-electron chi connectivity index (χ0n) is 24.6. The Kier molecular flexibility index (Phi) is 28.1. The summed E-state index contributed by atoms with van der Waals surface area (Å²) in [6.07, 6.45) is 11.9. The van der Waals surface area contributed by atoms with Crippen LogP contribution >= 0.6 is 0 Å². The molecule has 0 aromatic carbocycles. The largest absolute Gasteiger partial charge is 0.460 e. The lowest BCUT2D eigenvalue weighted by Crippen LogP contribution is -2.41. The molecule has 1 atom stereocenters. The van der Waals surface area contributed by atoms with Gasteiger partial charge in [-0.1, -0.05) is 45.1 Å². The van der Waals surface area contributed by atoms with Crippen LogP contribution in [0.1, 0.15) is 82.1 Å². The Labute approximate surface area is 221 Å². The molecule has 0 saturated carbocycles. The van der Waals surface area contributed by atoms with E-state index >= 15 is 0 Å². The molecule has 0 heterocycles. The fourth-order valence-electron chi connectivity index (χ4n) is 2.29. The van der Waals surface area contributed by atoms with E-state index < -0.39 is 0 Å². The van der Waals surface area contributed by atoms with Crippen LogP contribution in [0.4, 0.5) is 4.79 Å². The minimum Gasteiger partial charge on any atom is -0.460 e. The fourth-order valence-corrected chi connectivity index (χ4v) is 2.29. The number of allylic oxidation sites excluding steroid dienone is 7. The van der Waals surface area contributed by atoms with Crippen molar-refractivity contribution >= 4 is 11.9 Å². The topological polar surface area (TPSA) is 91.5 Å². The molecule has 0 spiro atoms. The van der Waals surface area contributed by atoms with E-state index in [1.165, 1.54) is 13.3 Å². The molecule has 0 aliphatic heterocycles. The van der Waals surface area contributed by atoms with Gasteiger partial charge in [-0.25, -0.2) is 4.79 Å². The summed E-state index contributed by atoms with van der Waals surface area (Å²) >= 11 is 0. The monoisotopic (exact) mass is 506 g/mol. The second-order valence-corrected chi connectivity index (χ2v) is 7.97. The minimum atomic E-state index is -0.258. The van der Waals surface area contributed by atoms with E-state index in [1.54, 1.807) is 0 Å². The smallest absolute Gasteiger partial charge is 0.315 e. The second kappa shape index (κ2) is 26.8. The number of hydrogen-bond donors (Lipinski definition) is 4. The predicted octanol–water partition coefficient (Wildman–Crippen LogP) is 6.14. The van der Waals surface area contributed by atoms with E-state index in [-0.39, 0.29) is 18.0 Å². The first kappa shape index (κ1) is 37.7. The maximum atomic E-state index is 11.7. The molecule has 0 saturated heterocycles. The summed E-state index contributed by atoms with van der Waals surface area (Å²) in [5.74, 6) is 1.43. The first-order valence-electron chi connectivity index (χ1n) is 13.1. The number of rotatable bonds is 13. The van der Waals surface area contributed by atoms with E-state index in [0.29, 0.717) is 12.3 Å². The third kappa shape index (κ3) is 25.8. The van der Waals surface area contributed by atoms with Gasteiger partial charge in [0.2, 0.25) is 5.91 Å². The van der Waals surface area contributed by atoms with Gasteiger partial charge in [0.05, 0.1) is 6.04 Å². The summed E-state index contributed by atoms with van der Waals surface area (Å²) in [5, 5.41) is 11.4. The summed E-state index contributed by atoms with van der Waals surface area (Å²) < 4.78 is 6.02. The molecule has 0 bridgehead atoms. The molecule has 3 amide bonds. The molecule has 7 heteroatoms. The maximum Gasteiger partial charge on any atom is 0.315 e. The Hall–Kier alpha value is -2.80. The van der Waals surface area contributed by atoms with Gasteiger partial charge in [0.15, 0.2) is 0 Å². The molecular weight excluding hydrogens is 452 g/mol. The molecule has 0 fully saturated rings. The average Bonchev–Trinajstić information content (AvgIpc) is 2.82. The third-order valence-electron chi connectivity index (χ3n) is 4.40. The normalized spacial score (nSPS) is 12.4. The Morgan fingerprint density at radius 3 is 1.94 bits per heavy atom. The van der Waals surface area contributed by atoms with Crippen LogP contribution < -0.4 is 21.3 Å². The molecule has 0 aromatic rings. The molecule has 0 aliphatic rings. The van der Waals surface area contributed by atoms with Gasteiger partial charge in [-0.2, -0.15) is 0 Å². The highest BCUT2D eigenvalue weighted by molar-refractivity contribution is 5.74. The van der Waals surface area contributed by atoms with Crippen molar-refractivity contribution in [3.05, 3.63) is 59.6 Å². The van der Waals surface area contributed by atoms with Crippen LogP contribution in [0.2, 0.25) is 0 Å². The molecule has 0 rings (SSSR count). The lowest BCUT2D eigenvalue weighted by Gasteiger charge is -2.19. The Balaban J connectivity index is -0.000000742. The lowest BCUT2D eigenvalue weighted by atomic mass is 10.1. The van der Waals surface area contributed by atoms with Crippen LogP contribution in [-0.2, 0) is 9.53 Å². The SMILES string of the molecule is C=C(C)/C(C)=C\C(=C/C)O/C(=C/C=C\CC)C(C)NC(=O)NCC.CCCNCC.CCNC(C)=O. The first-order chi connectivity index (χ1) is 17.0.